The average Bonchev–Trinajstić information content (AvgIpc) is 3.57. The first-order chi connectivity index (χ1) is 18.1. The Hall–Kier alpha value is -4.41. The van der Waals surface area contributed by atoms with Crippen LogP contribution in [0.25, 0.3) is 22.8 Å². The summed E-state index contributed by atoms with van der Waals surface area (Å²) in [5.41, 5.74) is 1.87. The van der Waals surface area contributed by atoms with Gasteiger partial charge in [-0.1, -0.05) is 18.2 Å². The number of fused-ring (bicyclic) bond motifs is 3. The van der Waals surface area contributed by atoms with Crippen molar-refractivity contribution in [3.63, 3.8) is 0 Å². The average molecular weight is 518 g/mol. The van der Waals surface area contributed by atoms with E-state index >= 15 is 0 Å². The topological polar surface area (TPSA) is 92.7 Å². The van der Waals surface area contributed by atoms with Gasteiger partial charge in [0, 0.05) is 24.6 Å². The maximum Gasteiger partial charge on any atom is 0.283 e. The van der Waals surface area contributed by atoms with Crippen LogP contribution in [0.2, 0.25) is 0 Å². The van der Waals surface area contributed by atoms with Crippen LogP contribution < -0.4 is 4.90 Å². The van der Waals surface area contributed by atoms with Gasteiger partial charge in [-0.05, 0) is 50.6 Å². The second-order valence-electron chi connectivity index (χ2n) is 10.0. The van der Waals surface area contributed by atoms with E-state index < -0.39 is 17.2 Å². The van der Waals surface area contributed by atoms with Crippen molar-refractivity contribution in [2.45, 2.75) is 39.8 Å². The van der Waals surface area contributed by atoms with Crippen LogP contribution in [0.1, 0.15) is 42.7 Å². The smallest absolute Gasteiger partial charge is 0.283 e. The fraction of sp³-hybridized carbons (Fsp3) is 0.296. The zero-order chi connectivity index (χ0) is 26.8. The van der Waals surface area contributed by atoms with Crippen molar-refractivity contribution in [2.75, 3.05) is 18.0 Å². The van der Waals surface area contributed by atoms with Crippen LogP contribution in [0.5, 0.6) is 0 Å². The summed E-state index contributed by atoms with van der Waals surface area (Å²) < 4.78 is 35.2. The molecule has 0 spiro atoms. The molecule has 1 amide bonds. The van der Waals surface area contributed by atoms with Gasteiger partial charge in [-0.2, -0.15) is 0 Å². The minimum absolute atomic E-state index is 0.170. The SMILES string of the molecule is CCN1C(=O)c2nc(-c3ccc(-c4nnc(C)o4)cc3)n(Cc3ccc(F)c(F)c3)c2N2CC(C)(C)N=C12. The molecule has 0 saturated heterocycles. The molecule has 0 atom stereocenters. The summed E-state index contributed by atoms with van der Waals surface area (Å²) >= 11 is 0. The molecule has 0 radical (unpaired) electrons. The van der Waals surface area contributed by atoms with Crippen molar-refractivity contribution in [3.8, 4) is 22.8 Å². The monoisotopic (exact) mass is 517 g/mol. The lowest BCUT2D eigenvalue weighted by Crippen LogP contribution is -2.51. The summed E-state index contributed by atoms with van der Waals surface area (Å²) in [6, 6.07) is 11.2. The third-order valence-electron chi connectivity index (χ3n) is 6.63. The van der Waals surface area contributed by atoms with Gasteiger partial charge in [-0.15, -0.1) is 10.2 Å². The number of rotatable bonds is 5. The highest BCUT2D eigenvalue weighted by Crippen LogP contribution is 2.39. The van der Waals surface area contributed by atoms with E-state index in [1.165, 1.54) is 12.1 Å². The highest BCUT2D eigenvalue weighted by Gasteiger charge is 2.45. The second kappa shape index (κ2) is 8.57. The summed E-state index contributed by atoms with van der Waals surface area (Å²) in [4.78, 5) is 26.8. The molecule has 4 heterocycles. The first kappa shape index (κ1) is 24.0. The molecule has 11 heteroatoms. The summed E-state index contributed by atoms with van der Waals surface area (Å²) in [7, 11) is 0. The molecule has 2 aromatic heterocycles. The molecule has 4 aromatic rings. The Morgan fingerprint density at radius 3 is 2.42 bits per heavy atom. The molecule has 9 nitrogen and oxygen atoms in total. The van der Waals surface area contributed by atoms with E-state index in [4.69, 9.17) is 14.4 Å². The molecule has 0 saturated carbocycles. The molecule has 0 fully saturated rings. The molecule has 0 bridgehead atoms. The zero-order valence-electron chi connectivity index (χ0n) is 21.4. The van der Waals surface area contributed by atoms with Gasteiger partial charge in [-0.25, -0.2) is 18.8 Å². The van der Waals surface area contributed by atoms with Gasteiger partial charge in [-0.3, -0.25) is 14.6 Å². The second-order valence-corrected chi connectivity index (χ2v) is 10.0. The fourth-order valence-electron chi connectivity index (χ4n) is 4.93. The summed E-state index contributed by atoms with van der Waals surface area (Å²) in [5.74, 6) is 0.418. The third-order valence-corrected chi connectivity index (χ3v) is 6.63. The maximum atomic E-state index is 14.1. The number of aromatic nitrogens is 4. The molecule has 2 aromatic carbocycles. The Balaban J connectivity index is 1.51. The summed E-state index contributed by atoms with van der Waals surface area (Å²) in [6.07, 6.45) is 0. The van der Waals surface area contributed by atoms with Crippen LogP contribution >= 0.6 is 0 Å². The number of halogens is 2. The third kappa shape index (κ3) is 3.85. The van der Waals surface area contributed by atoms with Crippen LogP contribution in [-0.4, -0.2) is 55.1 Å². The quantitative estimate of drug-likeness (QED) is 0.382. The molecule has 6 rings (SSSR count). The molecule has 194 valence electrons. The van der Waals surface area contributed by atoms with Gasteiger partial charge >= 0.3 is 0 Å². The predicted octanol–water partition coefficient (Wildman–Crippen LogP) is 4.67. The Bertz CT molecular complexity index is 1600. The molecular formula is C27H25F2N7O2. The van der Waals surface area contributed by atoms with E-state index in [1.807, 2.05) is 54.5 Å². The van der Waals surface area contributed by atoms with Crippen LogP contribution in [0.3, 0.4) is 0 Å². The van der Waals surface area contributed by atoms with Gasteiger partial charge in [0.1, 0.15) is 11.6 Å². The summed E-state index contributed by atoms with van der Waals surface area (Å²) in [5, 5.41) is 7.94. The number of guanidine groups is 1. The van der Waals surface area contributed by atoms with Crippen LogP contribution in [-0.2, 0) is 6.54 Å². The van der Waals surface area contributed by atoms with Crippen molar-refractivity contribution in [1.82, 2.24) is 24.6 Å². The number of hydrogen-bond acceptors (Lipinski definition) is 7. The number of hydrogen-bond donors (Lipinski definition) is 0. The van der Waals surface area contributed by atoms with Crippen molar-refractivity contribution in [1.29, 1.82) is 0 Å². The Kier molecular flexibility index (Phi) is 5.41. The van der Waals surface area contributed by atoms with Gasteiger partial charge < -0.3 is 8.98 Å². The Labute approximate surface area is 217 Å². The minimum Gasteiger partial charge on any atom is -0.421 e. The van der Waals surface area contributed by atoms with Crippen LogP contribution in [0, 0.1) is 18.6 Å². The minimum atomic E-state index is -0.935. The predicted molar refractivity (Wildman–Crippen MR) is 137 cm³/mol. The number of amides is 1. The van der Waals surface area contributed by atoms with Crippen LogP contribution in [0.4, 0.5) is 14.6 Å². The fourth-order valence-corrected chi connectivity index (χ4v) is 4.93. The van der Waals surface area contributed by atoms with Gasteiger partial charge in [0.15, 0.2) is 17.3 Å². The van der Waals surface area contributed by atoms with E-state index in [-0.39, 0.29) is 18.1 Å². The number of anilines is 1. The molecule has 2 aliphatic heterocycles. The molecule has 2 aliphatic rings. The van der Waals surface area contributed by atoms with E-state index in [0.29, 0.717) is 48.0 Å². The van der Waals surface area contributed by atoms with Crippen molar-refractivity contribution in [2.24, 2.45) is 4.99 Å². The van der Waals surface area contributed by atoms with Gasteiger partial charge in [0.2, 0.25) is 17.7 Å². The van der Waals surface area contributed by atoms with E-state index in [0.717, 1.165) is 17.2 Å². The highest BCUT2D eigenvalue weighted by molar-refractivity contribution is 6.18. The number of benzene rings is 2. The number of imidazole rings is 1. The van der Waals surface area contributed by atoms with Crippen molar-refractivity contribution in [3.05, 3.63) is 71.2 Å². The van der Waals surface area contributed by atoms with Crippen molar-refractivity contribution < 1.29 is 18.0 Å². The van der Waals surface area contributed by atoms with Gasteiger partial charge in [0.25, 0.3) is 5.91 Å². The Morgan fingerprint density at radius 1 is 1.03 bits per heavy atom. The molecule has 38 heavy (non-hydrogen) atoms. The van der Waals surface area contributed by atoms with E-state index in [9.17, 15) is 13.6 Å². The van der Waals surface area contributed by atoms with Crippen molar-refractivity contribution >= 4 is 17.7 Å². The number of aliphatic imine (C=N–C) groups is 1. The normalized spacial score (nSPS) is 16.1. The maximum absolute atomic E-state index is 14.1. The lowest BCUT2D eigenvalue weighted by molar-refractivity contribution is 0.0841. The standard InChI is InChI=1S/C27H25F2N7O2/c1-5-34-25(37)21-24(36-14-27(3,4)31-26(34)36)35(13-16-6-11-19(28)20(29)12-16)22(30-21)17-7-9-18(10-8-17)23-33-32-15(2)38-23/h6-12H,5,13-14H2,1-4H3. The lowest BCUT2D eigenvalue weighted by Gasteiger charge is -2.34. The molecule has 0 unspecified atom stereocenters. The number of carbonyl (C=O) groups excluding carboxylic acids is 1. The number of nitrogens with zero attached hydrogens (tertiary/aromatic N) is 7. The number of carbonyl (C=O) groups is 1. The summed E-state index contributed by atoms with van der Waals surface area (Å²) in [6.45, 7) is 8.77. The molecular weight excluding hydrogens is 492 g/mol. The number of aryl methyl sites for hydroxylation is 1. The van der Waals surface area contributed by atoms with E-state index in [1.54, 1.807) is 11.8 Å². The first-order valence-corrected chi connectivity index (χ1v) is 12.3. The van der Waals surface area contributed by atoms with Gasteiger partial charge in [0.05, 0.1) is 18.6 Å². The highest BCUT2D eigenvalue weighted by atomic mass is 19.2. The molecule has 0 aliphatic carbocycles. The first-order valence-electron chi connectivity index (χ1n) is 12.3. The Morgan fingerprint density at radius 2 is 1.76 bits per heavy atom. The lowest BCUT2D eigenvalue weighted by atomic mass is 10.1. The van der Waals surface area contributed by atoms with E-state index in [2.05, 4.69) is 10.2 Å². The van der Waals surface area contributed by atoms with Crippen LogP contribution in [0.15, 0.2) is 51.9 Å². The largest absolute Gasteiger partial charge is 0.421 e. The molecule has 0 N–H and O–H groups in total. The zero-order valence-corrected chi connectivity index (χ0v) is 21.4.